The molecule has 1 aliphatic heterocycles. The zero-order valence-corrected chi connectivity index (χ0v) is 10.0. The van der Waals surface area contributed by atoms with Gasteiger partial charge < -0.3 is 15.4 Å². The van der Waals surface area contributed by atoms with E-state index in [1.165, 1.54) is 14.1 Å². The van der Waals surface area contributed by atoms with Gasteiger partial charge in [-0.15, -0.1) is 4.40 Å². The Morgan fingerprint density at radius 3 is 2.50 bits per heavy atom. The second-order valence-corrected chi connectivity index (χ2v) is 4.79. The van der Waals surface area contributed by atoms with Crippen molar-refractivity contribution in [2.45, 2.75) is 6.92 Å². The molecule has 8 heteroatoms. The van der Waals surface area contributed by atoms with E-state index >= 15 is 0 Å². The number of hydrogen-bond donors (Lipinski definition) is 1. The van der Waals surface area contributed by atoms with E-state index in [9.17, 15) is 13.2 Å². The number of nitrogens with two attached hydrogens (primary N) is 1. The molecule has 0 aromatic carbocycles. The summed E-state index contributed by atoms with van der Waals surface area (Å²) in [6.07, 6.45) is 0. The van der Waals surface area contributed by atoms with Crippen molar-refractivity contribution in [1.82, 2.24) is 4.90 Å². The van der Waals surface area contributed by atoms with Crippen molar-refractivity contribution in [1.29, 1.82) is 0 Å². The molecule has 0 aliphatic carbocycles. The first-order valence-electron chi connectivity index (χ1n) is 4.50. The Morgan fingerprint density at radius 1 is 1.50 bits per heavy atom. The second kappa shape index (κ2) is 4.12. The number of carbonyl (C=O) groups excluding carboxylic acids is 1. The van der Waals surface area contributed by atoms with Gasteiger partial charge in [0.2, 0.25) is 5.90 Å². The molecule has 1 amide bonds. The SMILES string of the molecule is CCOC1=NS(=O)(=O)C(C(=O)N(C)C)=C1N. The van der Waals surface area contributed by atoms with Gasteiger partial charge in [0.05, 0.1) is 6.61 Å². The molecule has 16 heavy (non-hydrogen) atoms. The number of rotatable bonds is 2. The number of ether oxygens (including phenoxy) is 1. The lowest BCUT2D eigenvalue weighted by molar-refractivity contribution is -0.124. The van der Waals surface area contributed by atoms with Crippen LogP contribution in [0.5, 0.6) is 0 Å². The number of sulfonamides is 1. The average Bonchev–Trinajstić information content (AvgIpc) is 2.36. The average molecular weight is 247 g/mol. The minimum Gasteiger partial charge on any atom is -0.476 e. The molecule has 0 bridgehead atoms. The summed E-state index contributed by atoms with van der Waals surface area (Å²) in [4.78, 5) is 12.2. The van der Waals surface area contributed by atoms with Crippen LogP contribution in [-0.4, -0.2) is 45.8 Å². The van der Waals surface area contributed by atoms with Gasteiger partial charge in [-0.1, -0.05) is 0 Å². The van der Waals surface area contributed by atoms with Crippen molar-refractivity contribution in [3.63, 3.8) is 0 Å². The van der Waals surface area contributed by atoms with Gasteiger partial charge in [-0.3, -0.25) is 4.79 Å². The molecular formula is C8H13N3O4S. The summed E-state index contributed by atoms with van der Waals surface area (Å²) in [5.41, 5.74) is 5.29. The first-order chi connectivity index (χ1) is 7.31. The fourth-order valence-electron chi connectivity index (χ4n) is 1.11. The summed E-state index contributed by atoms with van der Waals surface area (Å²) in [6.45, 7) is 1.88. The summed E-state index contributed by atoms with van der Waals surface area (Å²) in [6, 6.07) is 0. The minimum absolute atomic E-state index is 0.215. The molecule has 1 rings (SSSR count). The summed E-state index contributed by atoms with van der Waals surface area (Å²) in [7, 11) is -1.17. The Balaban J connectivity index is 3.25. The molecule has 90 valence electrons. The van der Waals surface area contributed by atoms with Crippen LogP contribution in [0, 0.1) is 0 Å². The van der Waals surface area contributed by atoms with Crippen molar-refractivity contribution in [2.75, 3.05) is 20.7 Å². The summed E-state index contributed by atoms with van der Waals surface area (Å²) in [5.74, 6) is -0.927. The van der Waals surface area contributed by atoms with Gasteiger partial charge in [-0.05, 0) is 6.92 Å². The standard InChI is InChI=1S/C8H13N3O4S/c1-4-15-7-5(9)6(8(12)11(2)3)16(13,14)10-7/h4,9H2,1-3H3. The third kappa shape index (κ3) is 2.01. The van der Waals surface area contributed by atoms with E-state index < -0.39 is 20.8 Å². The van der Waals surface area contributed by atoms with E-state index in [4.69, 9.17) is 10.5 Å². The highest BCUT2D eigenvalue weighted by atomic mass is 32.2. The Hall–Kier alpha value is -1.57. The predicted octanol–water partition coefficient (Wildman–Crippen LogP) is -0.977. The highest BCUT2D eigenvalue weighted by Gasteiger charge is 2.37. The van der Waals surface area contributed by atoms with Gasteiger partial charge in [0.25, 0.3) is 15.9 Å². The third-order valence-corrected chi connectivity index (χ3v) is 3.13. The van der Waals surface area contributed by atoms with Gasteiger partial charge in [-0.2, -0.15) is 8.42 Å². The molecule has 1 heterocycles. The highest BCUT2D eigenvalue weighted by Crippen LogP contribution is 2.22. The largest absolute Gasteiger partial charge is 0.476 e. The maximum absolute atomic E-state index is 11.6. The lowest BCUT2D eigenvalue weighted by Crippen LogP contribution is -2.28. The Bertz CT molecular complexity index is 476. The van der Waals surface area contributed by atoms with Gasteiger partial charge >= 0.3 is 0 Å². The van der Waals surface area contributed by atoms with Crippen molar-refractivity contribution < 1.29 is 17.9 Å². The van der Waals surface area contributed by atoms with E-state index in [-0.39, 0.29) is 18.2 Å². The van der Waals surface area contributed by atoms with Gasteiger partial charge in [-0.25, -0.2) is 0 Å². The third-order valence-electron chi connectivity index (χ3n) is 1.82. The van der Waals surface area contributed by atoms with Gasteiger partial charge in [0.15, 0.2) is 4.91 Å². The van der Waals surface area contributed by atoms with E-state index in [2.05, 4.69) is 4.40 Å². The van der Waals surface area contributed by atoms with Crippen LogP contribution < -0.4 is 5.73 Å². The molecule has 0 spiro atoms. The molecule has 0 unspecified atom stereocenters. The smallest absolute Gasteiger partial charge is 0.293 e. The number of likely N-dealkylation sites (N-methyl/N-ethyl adjacent to an activating group) is 1. The van der Waals surface area contributed by atoms with Crippen LogP contribution in [0.2, 0.25) is 0 Å². The first kappa shape index (κ1) is 12.5. The van der Waals surface area contributed by atoms with Crippen molar-refractivity contribution in [3.8, 4) is 0 Å². The number of amides is 1. The van der Waals surface area contributed by atoms with Crippen LogP contribution in [0.15, 0.2) is 15.0 Å². The zero-order chi connectivity index (χ0) is 12.5. The summed E-state index contributed by atoms with van der Waals surface area (Å²) in [5, 5.41) is 0. The number of nitrogens with zero attached hydrogens (tertiary/aromatic N) is 2. The Kier molecular flexibility index (Phi) is 3.22. The van der Waals surface area contributed by atoms with Gasteiger partial charge in [0, 0.05) is 14.1 Å². The first-order valence-corrected chi connectivity index (χ1v) is 5.94. The molecule has 0 aromatic rings. The van der Waals surface area contributed by atoms with Crippen LogP contribution in [-0.2, 0) is 19.6 Å². The summed E-state index contributed by atoms with van der Waals surface area (Å²) < 4.78 is 31.3. The second-order valence-electron chi connectivity index (χ2n) is 3.25. The topological polar surface area (TPSA) is 102 Å². The molecular weight excluding hydrogens is 234 g/mol. The number of hydrogen-bond acceptors (Lipinski definition) is 5. The van der Waals surface area contributed by atoms with Crippen molar-refractivity contribution in [2.24, 2.45) is 10.1 Å². The molecule has 0 atom stereocenters. The summed E-state index contributed by atoms with van der Waals surface area (Å²) >= 11 is 0. The van der Waals surface area contributed by atoms with Crippen LogP contribution in [0.3, 0.4) is 0 Å². The van der Waals surface area contributed by atoms with E-state index in [0.29, 0.717) is 0 Å². The maximum Gasteiger partial charge on any atom is 0.293 e. The molecule has 7 nitrogen and oxygen atoms in total. The van der Waals surface area contributed by atoms with E-state index in [0.717, 1.165) is 4.90 Å². The highest BCUT2D eigenvalue weighted by molar-refractivity contribution is 7.95. The lowest BCUT2D eigenvalue weighted by atomic mass is 10.3. The monoisotopic (exact) mass is 247 g/mol. The zero-order valence-electron chi connectivity index (χ0n) is 9.22. The van der Waals surface area contributed by atoms with Gasteiger partial charge in [0.1, 0.15) is 5.70 Å². The van der Waals surface area contributed by atoms with Crippen molar-refractivity contribution >= 4 is 21.8 Å². The molecule has 2 N–H and O–H groups in total. The maximum atomic E-state index is 11.6. The molecule has 0 radical (unpaired) electrons. The molecule has 0 fully saturated rings. The van der Waals surface area contributed by atoms with E-state index in [1.807, 2.05) is 0 Å². The normalized spacial score (nSPS) is 18.3. The molecule has 0 saturated carbocycles. The van der Waals surface area contributed by atoms with Crippen LogP contribution >= 0.6 is 0 Å². The minimum atomic E-state index is -4.03. The quantitative estimate of drug-likeness (QED) is 0.676. The predicted molar refractivity (Wildman–Crippen MR) is 57.9 cm³/mol. The molecule has 0 aromatic heterocycles. The molecule has 1 aliphatic rings. The van der Waals surface area contributed by atoms with Crippen LogP contribution in [0.4, 0.5) is 0 Å². The lowest BCUT2D eigenvalue weighted by Gasteiger charge is -2.10. The van der Waals surface area contributed by atoms with Crippen molar-refractivity contribution in [3.05, 3.63) is 10.6 Å². The molecule has 0 saturated heterocycles. The van der Waals surface area contributed by atoms with Crippen LogP contribution in [0.25, 0.3) is 0 Å². The Morgan fingerprint density at radius 2 is 2.06 bits per heavy atom. The Labute approximate surface area is 93.6 Å². The number of carbonyl (C=O) groups is 1. The van der Waals surface area contributed by atoms with E-state index in [1.54, 1.807) is 6.92 Å². The fourth-order valence-corrected chi connectivity index (χ4v) is 2.34. The fraction of sp³-hybridized carbons (Fsp3) is 0.500. The van der Waals surface area contributed by atoms with Crippen LogP contribution in [0.1, 0.15) is 6.92 Å².